The number of allylic oxidation sites excluding steroid dienone is 1. The fourth-order valence-corrected chi connectivity index (χ4v) is 2.65. The van der Waals surface area contributed by atoms with Gasteiger partial charge in [-0.3, -0.25) is 4.79 Å². The number of hydrogen-bond donors (Lipinski definition) is 1. The first-order valence-corrected chi connectivity index (χ1v) is 9.97. The van der Waals surface area contributed by atoms with Crippen LogP contribution in [0, 0.1) is 0 Å². The van der Waals surface area contributed by atoms with Crippen molar-refractivity contribution in [2.45, 2.75) is 117 Å². The maximum atomic E-state index is 10.3. The average molecular weight is 369 g/mol. The van der Waals surface area contributed by atoms with E-state index in [0.29, 0.717) is 6.42 Å². The summed E-state index contributed by atoms with van der Waals surface area (Å²) in [5.74, 6) is -0.653. The summed E-state index contributed by atoms with van der Waals surface area (Å²) in [7, 11) is 0. The second kappa shape index (κ2) is 28.3. The number of unbranched alkanes of at least 4 members (excludes halogenated alkanes) is 14. The van der Waals surface area contributed by atoms with E-state index < -0.39 is 5.97 Å². The molecule has 0 aliphatic heterocycles. The Balaban J connectivity index is -0.00000102. The van der Waals surface area contributed by atoms with Crippen molar-refractivity contribution in [3.8, 4) is 0 Å². The van der Waals surface area contributed by atoms with Gasteiger partial charge in [-0.05, 0) is 13.3 Å². The van der Waals surface area contributed by atoms with E-state index >= 15 is 0 Å². The van der Waals surface area contributed by atoms with Gasteiger partial charge >= 0.3 is 43.7 Å². The van der Waals surface area contributed by atoms with Crippen molar-refractivity contribution in [2.75, 3.05) is 0 Å². The molecular weight excluding hydrogens is 324 g/mol. The van der Waals surface area contributed by atoms with E-state index in [1.807, 2.05) is 6.92 Å². The van der Waals surface area contributed by atoms with Gasteiger partial charge in [-0.1, -0.05) is 103 Å². The molecular formula is C21H44CaO2. The van der Waals surface area contributed by atoms with Gasteiger partial charge in [0, 0.05) is 6.42 Å². The quantitative estimate of drug-likeness (QED) is 0.189. The molecule has 0 aromatic rings. The molecule has 1 N–H and O–H groups in total. The SMILES string of the molecule is C=CC.CCCCCCCCCCCCCCCCCC(=O)O.[CaH2]. The number of aliphatic carboxylic acids is 1. The van der Waals surface area contributed by atoms with Crippen molar-refractivity contribution in [1.29, 1.82) is 0 Å². The Morgan fingerprint density at radius 1 is 0.750 bits per heavy atom. The summed E-state index contributed by atoms with van der Waals surface area (Å²) in [5.41, 5.74) is 0. The van der Waals surface area contributed by atoms with Gasteiger partial charge in [-0.15, -0.1) is 6.58 Å². The van der Waals surface area contributed by atoms with Crippen molar-refractivity contribution in [1.82, 2.24) is 0 Å². The van der Waals surface area contributed by atoms with Crippen molar-refractivity contribution in [2.24, 2.45) is 0 Å². The number of carbonyl (C=O) groups is 1. The van der Waals surface area contributed by atoms with Crippen LogP contribution in [0.2, 0.25) is 0 Å². The molecule has 2 nitrogen and oxygen atoms in total. The number of rotatable bonds is 16. The third-order valence-corrected chi connectivity index (χ3v) is 3.99. The van der Waals surface area contributed by atoms with Crippen LogP contribution >= 0.6 is 0 Å². The summed E-state index contributed by atoms with van der Waals surface area (Å²) in [6.45, 7) is 7.52. The van der Waals surface area contributed by atoms with Crippen LogP contribution in [0.5, 0.6) is 0 Å². The van der Waals surface area contributed by atoms with E-state index in [4.69, 9.17) is 5.11 Å². The molecule has 24 heavy (non-hydrogen) atoms. The van der Waals surface area contributed by atoms with Crippen molar-refractivity contribution in [3.05, 3.63) is 12.7 Å². The zero-order valence-electron chi connectivity index (χ0n) is 16.0. The van der Waals surface area contributed by atoms with Crippen molar-refractivity contribution >= 4 is 43.7 Å². The van der Waals surface area contributed by atoms with E-state index in [-0.39, 0.29) is 37.7 Å². The Morgan fingerprint density at radius 2 is 1.00 bits per heavy atom. The Bertz CT molecular complexity index is 242. The van der Waals surface area contributed by atoms with Crippen LogP contribution in [0.4, 0.5) is 0 Å². The van der Waals surface area contributed by atoms with Gasteiger partial charge in [-0.25, -0.2) is 0 Å². The van der Waals surface area contributed by atoms with Crippen LogP contribution < -0.4 is 0 Å². The van der Waals surface area contributed by atoms with Crippen molar-refractivity contribution in [3.63, 3.8) is 0 Å². The minimum atomic E-state index is -0.653. The van der Waals surface area contributed by atoms with E-state index in [1.165, 1.54) is 83.5 Å². The molecule has 0 spiro atoms. The summed E-state index contributed by atoms with van der Waals surface area (Å²) in [6, 6.07) is 0. The molecule has 142 valence electrons. The molecule has 0 aliphatic carbocycles. The molecule has 0 atom stereocenters. The zero-order valence-corrected chi connectivity index (χ0v) is 16.0. The first-order chi connectivity index (χ1) is 11.2. The van der Waals surface area contributed by atoms with Crippen LogP contribution in [-0.2, 0) is 4.79 Å². The molecule has 0 aliphatic rings. The summed E-state index contributed by atoms with van der Waals surface area (Å²) in [6.07, 6.45) is 21.9. The van der Waals surface area contributed by atoms with Gasteiger partial charge < -0.3 is 5.11 Å². The predicted octanol–water partition coefficient (Wildman–Crippen LogP) is 6.61. The van der Waals surface area contributed by atoms with Crippen LogP contribution in [0.25, 0.3) is 0 Å². The summed E-state index contributed by atoms with van der Waals surface area (Å²) in [4.78, 5) is 10.3. The third-order valence-electron chi connectivity index (χ3n) is 3.99. The Hall–Kier alpha value is 0.470. The molecule has 0 radical (unpaired) electrons. The molecule has 0 amide bonds. The fraction of sp³-hybridized carbons (Fsp3) is 0.857. The predicted molar refractivity (Wildman–Crippen MR) is 112 cm³/mol. The topological polar surface area (TPSA) is 37.3 Å². The first kappa shape index (κ1) is 29.2. The fourth-order valence-electron chi connectivity index (χ4n) is 2.65. The monoisotopic (exact) mass is 368 g/mol. The van der Waals surface area contributed by atoms with Gasteiger partial charge in [0.1, 0.15) is 0 Å². The average Bonchev–Trinajstić information content (AvgIpc) is 2.51. The van der Waals surface area contributed by atoms with Gasteiger partial charge in [0.05, 0.1) is 0 Å². The van der Waals surface area contributed by atoms with E-state index in [2.05, 4.69) is 13.5 Å². The molecule has 0 bridgehead atoms. The van der Waals surface area contributed by atoms with E-state index in [0.717, 1.165) is 12.8 Å². The van der Waals surface area contributed by atoms with Gasteiger partial charge in [-0.2, -0.15) is 0 Å². The number of carboxylic acid groups (broad SMARTS) is 1. The van der Waals surface area contributed by atoms with Crippen molar-refractivity contribution < 1.29 is 9.90 Å². The molecule has 0 unspecified atom stereocenters. The van der Waals surface area contributed by atoms with Crippen LogP contribution in [0.1, 0.15) is 117 Å². The van der Waals surface area contributed by atoms with E-state index in [1.54, 1.807) is 6.08 Å². The molecule has 0 heterocycles. The standard InChI is InChI=1S/C18H36O2.C3H6.Ca.2H/c1-2-3-4-5-6-7-8-9-10-11-12-13-14-15-16-17-18(19)20;1-3-2;;;/h2-17H2,1H3,(H,19,20);3H,1H2,2H3;;;. The minimum absolute atomic E-state index is 0. The normalized spacial score (nSPS) is 9.58. The zero-order chi connectivity index (χ0) is 17.6. The Labute approximate surface area is 181 Å². The maximum absolute atomic E-state index is 10.3. The van der Waals surface area contributed by atoms with Crippen LogP contribution in [0.15, 0.2) is 12.7 Å². The third kappa shape index (κ3) is 33.9. The molecule has 3 heteroatoms. The summed E-state index contributed by atoms with van der Waals surface area (Å²) < 4.78 is 0. The van der Waals surface area contributed by atoms with E-state index in [9.17, 15) is 4.79 Å². The van der Waals surface area contributed by atoms with Crippen LogP contribution in [-0.4, -0.2) is 48.8 Å². The molecule has 0 saturated heterocycles. The number of hydrogen-bond acceptors (Lipinski definition) is 1. The van der Waals surface area contributed by atoms with Gasteiger partial charge in [0.2, 0.25) is 0 Å². The molecule has 0 aromatic carbocycles. The number of carboxylic acids is 1. The second-order valence-corrected chi connectivity index (χ2v) is 6.50. The molecule has 0 rings (SSSR count). The Kier molecular flexibility index (Phi) is 34.5. The van der Waals surface area contributed by atoms with Crippen LogP contribution in [0.3, 0.4) is 0 Å². The second-order valence-electron chi connectivity index (χ2n) is 6.50. The first-order valence-electron chi connectivity index (χ1n) is 9.97. The Morgan fingerprint density at radius 3 is 1.25 bits per heavy atom. The molecule has 0 aromatic heterocycles. The summed E-state index contributed by atoms with van der Waals surface area (Å²) >= 11 is 0. The summed E-state index contributed by atoms with van der Waals surface area (Å²) in [5, 5.41) is 8.52. The van der Waals surface area contributed by atoms with Gasteiger partial charge in [0.25, 0.3) is 0 Å². The molecule has 0 fully saturated rings. The van der Waals surface area contributed by atoms with Gasteiger partial charge in [0.15, 0.2) is 0 Å². The molecule has 0 saturated carbocycles.